The fraction of sp³-hybridized carbons (Fsp3) is 0.238. The minimum Gasteiger partial charge on any atom is -0.467 e. The van der Waals surface area contributed by atoms with Gasteiger partial charge < -0.3 is 10.1 Å². The van der Waals surface area contributed by atoms with E-state index in [-0.39, 0.29) is 28.4 Å². The van der Waals surface area contributed by atoms with Crippen molar-refractivity contribution in [3.63, 3.8) is 0 Å². The Balaban J connectivity index is 1.68. The first-order valence-electron chi connectivity index (χ1n) is 9.22. The minimum absolute atomic E-state index is 0.168. The molecule has 1 unspecified atom stereocenters. The molecule has 1 N–H and O–H groups in total. The summed E-state index contributed by atoms with van der Waals surface area (Å²) < 4.78 is 58.6. The number of amides is 1. The van der Waals surface area contributed by atoms with E-state index in [1.807, 2.05) is 0 Å². The predicted molar refractivity (Wildman–Crippen MR) is 107 cm³/mol. The third kappa shape index (κ3) is 5.97. The van der Waals surface area contributed by atoms with Crippen molar-refractivity contribution in [2.45, 2.75) is 25.6 Å². The van der Waals surface area contributed by atoms with Crippen LogP contribution in [0.15, 0.2) is 54.6 Å². The number of hydrogen-bond donors (Lipinski definition) is 1. The number of carbonyl (C=O) groups excluding carboxylic acids is 1. The van der Waals surface area contributed by atoms with Crippen molar-refractivity contribution in [3.8, 4) is 11.6 Å². The number of rotatable bonds is 7. The van der Waals surface area contributed by atoms with Gasteiger partial charge in [-0.05, 0) is 43.2 Å². The number of aromatic nitrogens is 2. The molecular formula is C21H18ClF4N3O2. The van der Waals surface area contributed by atoms with Gasteiger partial charge in [-0.25, -0.2) is 4.39 Å². The molecule has 0 saturated carbocycles. The molecule has 1 heterocycles. The van der Waals surface area contributed by atoms with Crippen LogP contribution in [-0.2, 0) is 17.4 Å². The Hall–Kier alpha value is -3.07. The second kappa shape index (κ2) is 9.38. The maximum absolute atomic E-state index is 13.1. The number of halogens is 5. The molecule has 164 valence electrons. The Morgan fingerprint density at radius 3 is 2.52 bits per heavy atom. The van der Waals surface area contributed by atoms with E-state index in [9.17, 15) is 22.4 Å². The molecule has 3 aromatic rings. The number of hydrogen-bond acceptors (Lipinski definition) is 3. The second-order valence-corrected chi connectivity index (χ2v) is 7.22. The summed E-state index contributed by atoms with van der Waals surface area (Å²) in [4.78, 5) is 12.2. The zero-order chi connectivity index (χ0) is 22.6. The van der Waals surface area contributed by atoms with E-state index >= 15 is 0 Å². The van der Waals surface area contributed by atoms with E-state index in [1.54, 1.807) is 31.2 Å². The maximum atomic E-state index is 13.1. The Morgan fingerprint density at radius 2 is 1.87 bits per heavy atom. The van der Waals surface area contributed by atoms with E-state index in [0.717, 1.165) is 10.2 Å². The van der Waals surface area contributed by atoms with Crippen LogP contribution in [0, 0.1) is 5.82 Å². The number of nitrogens with zero attached hydrogens (tertiary/aromatic N) is 2. The lowest BCUT2D eigenvalue weighted by Gasteiger charge is -2.15. The monoisotopic (exact) mass is 455 g/mol. The summed E-state index contributed by atoms with van der Waals surface area (Å²) in [7, 11) is 0. The average molecular weight is 456 g/mol. The Bertz CT molecular complexity index is 1050. The summed E-state index contributed by atoms with van der Waals surface area (Å²) >= 11 is 6.07. The van der Waals surface area contributed by atoms with Gasteiger partial charge in [0.05, 0.1) is 10.7 Å². The molecule has 2 aromatic carbocycles. The van der Waals surface area contributed by atoms with Crippen LogP contribution in [0.25, 0.3) is 5.69 Å². The molecule has 10 heteroatoms. The normalized spacial score (nSPS) is 12.5. The number of alkyl halides is 3. The summed E-state index contributed by atoms with van der Waals surface area (Å²) in [5, 5.41) is 6.39. The van der Waals surface area contributed by atoms with Crippen LogP contribution in [0.4, 0.5) is 17.6 Å². The Kier molecular flexibility index (Phi) is 6.84. The van der Waals surface area contributed by atoms with Crippen molar-refractivity contribution >= 4 is 17.5 Å². The number of carbonyl (C=O) groups is 1. The standard InChI is InChI=1S/C21H18ClF4N3O2/c1-13(10-14-6-8-15(23)9-7-14)27-19(30)12-31-20-11-18(21(24,25)26)28-29(20)17-5-3-2-4-16(17)22/h2-9,11,13H,10,12H2,1H3,(H,27,30). The highest BCUT2D eigenvalue weighted by atomic mass is 35.5. The lowest BCUT2D eigenvalue weighted by molar-refractivity contribution is -0.141. The summed E-state index contributed by atoms with van der Waals surface area (Å²) in [6.07, 6.45) is -4.25. The fourth-order valence-electron chi connectivity index (χ4n) is 2.88. The van der Waals surface area contributed by atoms with Gasteiger partial charge in [0.1, 0.15) is 5.82 Å². The van der Waals surface area contributed by atoms with Crippen LogP contribution in [0.1, 0.15) is 18.2 Å². The highest BCUT2D eigenvalue weighted by Gasteiger charge is 2.36. The topological polar surface area (TPSA) is 56.1 Å². The zero-order valence-corrected chi connectivity index (χ0v) is 17.0. The van der Waals surface area contributed by atoms with Gasteiger partial charge in [0.2, 0.25) is 5.88 Å². The smallest absolute Gasteiger partial charge is 0.435 e. The summed E-state index contributed by atoms with van der Waals surface area (Å²) in [5.74, 6) is -1.17. The number of nitrogens with one attached hydrogen (secondary N) is 1. The van der Waals surface area contributed by atoms with Gasteiger partial charge in [-0.3, -0.25) is 4.79 Å². The first-order valence-corrected chi connectivity index (χ1v) is 9.60. The molecular weight excluding hydrogens is 438 g/mol. The molecule has 0 radical (unpaired) electrons. The van der Waals surface area contributed by atoms with Crippen LogP contribution in [0.2, 0.25) is 5.02 Å². The Morgan fingerprint density at radius 1 is 1.19 bits per heavy atom. The van der Waals surface area contributed by atoms with Crippen LogP contribution in [0.5, 0.6) is 5.88 Å². The minimum atomic E-state index is -4.70. The second-order valence-electron chi connectivity index (χ2n) is 6.82. The van der Waals surface area contributed by atoms with Crippen molar-refractivity contribution in [2.75, 3.05) is 6.61 Å². The van der Waals surface area contributed by atoms with Crippen molar-refractivity contribution < 1.29 is 27.1 Å². The molecule has 5 nitrogen and oxygen atoms in total. The van der Waals surface area contributed by atoms with Gasteiger partial charge in [-0.15, -0.1) is 0 Å². The third-order valence-corrected chi connectivity index (χ3v) is 4.58. The predicted octanol–water partition coefficient (Wildman–Crippen LogP) is 4.81. The summed E-state index contributed by atoms with van der Waals surface area (Å²) in [6, 6.07) is 12.4. The molecule has 0 saturated heterocycles. The maximum Gasteiger partial charge on any atom is 0.435 e. The van der Waals surface area contributed by atoms with Gasteiger partial charge in [0.25, 0.3) is 5.91 Å². The molecule has 3 rings (SSSR count). The van der Waals surface area contributed by atoms with Crippen LogP contribution < -0.4 is 10.1 Å². The molecule has 31 heavy (non-hydrogen) atoms. The lowest BCUT2D eigenvalue weighted by Crippen LogP contribution is -2.37. The fourth-order valence-corrected chi connectivity index (χ4v) is 3.10. The van der Waals surface area contributed by atoms with Crippen molar-refractivity contribution in [2.24, 2.45) is 0 Å². The van der Waals surface area contributed by atoms with Gasteiger partial charge in [0.15, 0.2) is 12.3 Å². The molecule has 0 aliphatic carbocycles. The first-order chi connectivity index (χ1) is 14.6. The molecule has 1 atom stereocenters. The highest BCUT2D eigenvalue weighted by Crippen LogP contribution is 2.33. The molecule has 1 aromatic heterocycles. The molecule has 0 spiro atoms. The average Bonchev–Trinajstić information content (AvgIpc) is 3.13. The number of benzene rings is 2. The SMILES string of the molecule is CC(Cc1ccc(F)cc1)NC(=O)COc1cc(C(F)(F)F)nn1-c1ccccc1Cl. The number of para-hydroxylation sites is 1. The van der Waals surface area contributed by atoms with Crippen molar-refractivity contribution in [3.05, 3.63) is 76.7 Å². The summed E-state index contributed by atoms with van der Waals surface area (Å²) in [5.41, 5.74) is -0.172. The van der Waals surface area contributed by atoms with Crippen LogP contribution in [-0.4, -0.2) is 28.3 Å². The van der Waals surface area contributed by atoms with Crippen molar-refractivity contribution in [1.82, 2.24) is 15.1 Å². The van der Waals surface area contributed by atoms with E-state index in [1.165, 1.54) is 24.3 Å². The summed E-state index contributed by atoms with van der Waals surface area (Å²) in [6.45, 7) is 1.22. The molecule has 0 fully saturated rings. The van der Waals surface area contributed by atoms with Gasteiger partial charge in [0, 0.05) is 12.1 Å². The Labute approximate surface area is 180 Å². The highest BCUT2D eigenvalue weighted by molar-refractivity contribution is 6.32. The van der Waals surface area contributed by atoms with E-state index in [0.29, 0.717) is 12.5 Å². The lowest BCUT2D eigenvalue weighted by atomic mass is 10.1. The number of ether oxygens (including phenoxy) is 1. The molecule has 0 aliphatic heterocycles. The third-order valence-electron chi connectivity index (χ3n) is 4.26. The van der Waals surface area contributed by atoms with Crippen LogP contribution >= 0.6 is 11.6 Å². The van der Waals surface area contributed by atoms with Gasteiger partial charge in [-0.2, -0.15) is 23.0 Å². The molecule has 1 amide bonds. The van der Waals surface area contributed by atoms with Crippen molar-refractivity contribution in [1.29, 1.82) is 0 Å². The van der Waals surface area contributed by atoms with E-state index in [4.69, 9.17) is 16.3 Å². The molecule has 0 bridgehead atoms. The zero-order valence-electron chi connectivity index (χ0n) is 16.3. The first kappa shape index (κ1) is 22.6. The largest absolute Gasteiger partial charge is 0.467 e. The van der Waals surface area contributed by atoms with Gasteiger partial charge >= 0.3 is 6.18 Å². The molecule has 0 aliphatic rings. The van der Waals surface area contributed by atoms with Crippen LogP contribution in [0.3, 0.4) is 0 Å². The quantitative estimate of drug-likeness (QED) is 0.520. The van der Waals surface area contributed by atoms with E-state index < -0.39 is 24.4 Å². The van der Waals surface area contributed by atoms with E-state index in [2.05, 4.69) is 10.4 Å². The van der Waals surface area contributed by atoms with Gasteiger partial charge in [-0.1, -0.05) is 35.9 Å².